The Morgan fingerprint density at radius 1 is 0.895 bits per heavy atom. The average molecular weight is 318 g/mol. The van der Waals surface area contributed by atoms with Gasteiger partial charge in [-0.05, 0) is 42.8 Å². The highest BCUT2D eigenvalue weighted by atomic mass is 79.9. The van der Waals surface area contributed by atoms with Crippen molar-refractivity contribution in [3.8, 4) is 0 Å². The first-order chi connectivity index (χ1) is 9.13. The largest absolute Gasteiger partial charge is 0.313 e. The van der Waals surface area contributed by atoms with Crippen LogP contribution in [-0.2, 0) is 0 Å². The number of rotatable bonds is 4. The Morgan fingerprint density at radius 2 is 1.47 bits per heavy atom. The van der Waals surface area contributed by atoms with E-state index >= 15 is 0 Å². The second kappa shape index (κ2) is 6.36. The lowest BCUT2D eigenvalue weighted by molar-refractivity contribution is 0.641. The van der Waals surface area contributed by atoms with Crippen LogP contribution in [0.25, 0.3) is 0 Å². The molecule has 2 aromatic rings. The van der Waals surface area contributed by atoms with Gasteiger partial charge in [-0.1, -0.05) is 59.3 Å². The zero-order valence-corrected chi connectivity index (χ0v) is 13.2. The van der Waals surface area contributed by atoms with E-state index in [1.807, 2.05) is 7.05 Å². The first-order valence-electron chi connectivity index (χ1n) is 6.65. The molecular weight excluding hydrogens is 298 g/mol. The molecule has 0 aliphatic carbocycles. The molecule has 0 aromatic heterocycles. The molecule has 19 heavy (non-hydrogen) atoms. The smallest absolute Gasteiger partial charge is 0.0291 e. The number of benzene rings is 2. The Morgan fingerprint density at radius 3 is 2.05 bits per heavy atom. The fourth-order valence-electron chi connectivity index (χ4n) is 2.39. The summed E-state index contributed by atoms with van der Waals surface area (Å²) in [5, 5.41) is 3.33. The molecule has 0 radical (unpaired) electrons. The molecule has 2 rings (SSSR count). The minimum Gasteiger partial charge on any atom is -0.313 e. The normalized spacial score (nSPS) is 14.1. The van der Waals surface area contributed by atoms with Crippen LogP contribution in [0, 0.1) is 0 Å². The fraction of sp³-hybridized carbons (Fsp3) is 0.294. The number of halogens is 1. The minimum absolute atomic E-state index is 0.370. The highest BCUT2D eigenvalue weighted by molar-refractivity contribution is 9.10. The molecule has 2 heteroatoms. The van der Waals surface area contributed by atoms with E-state index in [0.29, 0.717) is 12.0 Å². The van der Waals surface area contributed by atoms with Gasteiger partial charge in [-0.25, -0.2) is 0 Å². The first kappa shape index (κ1) is 14.3. The van der Waals surface area contributed by atoms with Crippen LogP contribution in [-0.4, -0.2) is 7.05 Å². The Balaban J connectivity index is 2.38. The molecule has 2 atom stereocenters. The van der Waals surface area contributed by atoms with E-state index in [9.17, 15) is 0 Å². The van der Waals surface area contributed by atoms with Crippen molar-refractivity contribution < 1.29 is 0 Å². The molecule has 0 aliphatic heterocycles. The second-order valence-electron chi connectivity index (χ2n) is 4.91. The average Bonchev–Trinajstić information content (AvgIpc) is 2.46. The summed E-state index contributed by atoms with van der Waals surface area (Å²) in [7, 11) is 2.01. The topological polar surface area (TPSA) is 12.0 Å². The van der Waals surface area contributed by atoms with Crippen LogP contribution < -0.4 is 5.32 Å². The third-order valence-corrected chi connectivity index (χ3v) is 4.26. The Kier molecular flexibility index (Phi) is 4.78. The van der Waals surface area contributed by atoms with E-state index in [0.717, 1.165) is 4.47 Å². The molecule has 2 unspecified atom stereocenters. The summed E-state index contributed by atoms with van der Waals surface area (Å²) in [5.41, 5.74) is 4.12. The van der Waals surface area contributed by atoms with Crippen molar-refractivity contribution in [1.29, 1.82) is 0 Å². The quantitative estimate of drug-likeness (QED) is 0.847. The molecule has 0 amide bonds. The predicted octanol–water partition coefficient (Wildman–Crippen LogP) is 4.88. The molecule has 0 saturated carbocycles. The zero-order valence-electron chi connectivity index (χ0n) is 11.7. The van der Waals surface area contributed by atoms with Gasteiger partial charge in [-0.2, -0.15) is 0 Å². The van der Waals surface area contributed by atoms with E-state index in [-0.39, 0.29) is 0 Å². The third-order valence-electron chi connectivity index (χ3n) is 3.73. The molecule has 2 aromatic carbocycles. The molecule has 1 N–H and O–H groups in total. The SMILES string of the molecule is CNC(C)c1ccccc1C(C)c1ccc(Br)cc1. The van der Waals surface area contributed by atoms with Crippen LogP contribution >= 0.6 is 15.9 Å². The highest BCUT2D eigenvalue weighted by Crippen LogP contribution is 2.30. The maximum absolute atomic E-state index is 3.49. The summed E-state index contributed by atoms with van der Waals surface area (Å²) in [6.45, 7) is 4.47. The van der Waals surface area contributed by atoms with Crippen molar-refractivity contribution in [3.05, 3.63) is 69.7 Å². The van der Waals surface area contributed by atoms with E-state index in [2.05, 4.69) is 83.6 Å². The standard InChI is InChI=1S/C17H20BrN/c1-12(14-8-10-15(18)11-9-14)16-6-4-5-7-17(16)13(2)19-3/h4-13,19H,1-3H3. The van der Waals surface area contributed by atoms with Gasteiger partial charge in [0.1, 0.15) is 0 Å². The van der Waals surface area contributed by atoms with Gasteiger partial charge in [0, 0.05) is 16.4 Å². The predicted molar refractivity (Wildman–Crippen MR) is 85.6 cm³/mol. The monoisotopic (exact) mass is 317 g/mol. The molecule has 0 bridgehead atoms. The molecule has 0 fully saturated rings. The Labute approximate surface area is 124 Å². The third kappa shape index (κ3) is 3.26. The summed E-state index contributed by atoms with van der Waals surface area (Å²) >= 11 is 3.49. The van der Waals surface area contributed by atoms with Crippen LogP contribution in [0.4, 0.5) is 0 Å². The second-order valence-corrected chi connectivity index (χ2v) is 5.83. The fourth-order valence-corrected chi connectivity index (χ4v) is 2.65. The van der Waals surface area contributed by atoms with Crippen molar-refractivity contribution in [2.45, 2.75) is 25.8 Å². The van der Waals surface area contributed by atoms with Gasteiger partial charge in [0.2, 0.25) is 0 Å². The Bertz CT molecular complexity index is 533. The van der Waals surface area contributed by atoms with Gasteiger partial charge >= 0.3 is 0 Å². The number of hydrogen-bond donors (Lipinski definition) is 1. The van der Waals surface area contributed by atoms with Crippen molar-refractivity contribution in [2.24, 2.45) is 0 Å². The summed E-state index contributed by atoms with van der Waals surface area (Å²) in [6.07, 6.45) is 0. The zero-order chi connectivity index (χ0) is 13.8. The lowest BCUT2D eigenvalue weighted by atomic mass is 9.87. The van der Waals surface area contributed by atoms with Gasteiger partial charge in [-0.15, -0.1) is 0 Å². The van der Waals surface area contributed by atoms with Crippen LogP contribution in [0.5, 0.6) is 0 Å². The summed E-state index contributed by atoms with van der Waals surface area (Å²) in [5.74, 6) is 0.403. The minimum atomic E-state index is 0.370. The van der Waals surface area contributed by atoms with E-state index in [1.54, 1.807) is 0 Å². The van der Waals surface area contributed by atoms with Crippen LogP contribution in [0.3, 0.4) is 0 Å². The molecule has 0 spiro atoms. The number of nitrogens with one attached hydrogen (secondary N) is 1. The van der Waals surface area contributed by atoms with E-state index < -0.39 is 0 Å². The lowest BCUT2D eigenvalue weighted by Gasteiger charge is -2.21. The molecule has 1 nitrogen and oxygen atoms in total. The highest BCUT2D eigenvalue weighted by Gasteiger charge is 2.15. The van der Waals surface area contributed by atoms with Crippen molar-refractivity contribution in [3.63, 3.8) is 0 Å². The van der Waals surface area contributed by atoms with Crippen molar-refractivity contribution in [1.82, 2.24) is 5.32 Å². The lowest BCUT2D eigenvalue weighted by Crippen LogP contribution is -2.15. The molecular formula is C17H20BrN. The van der Waals surface area contributed by atoms with Gasteiger partial charge in [0.15, 0.2) is 0 Å². The molecule has 0 saturated heterocycles. The first-order valence-corrected chi connectivity index (χ1v) is 7.44. The molecule has 0 heterocycles. The van der Waals surface area contributed by atoms with Crippen molar-refractivity contribution >= 4 is 15.9 Å². The van der Waals surface area contributed by atoms with E-state index in [1.165, 1.54) is 16.7 Å². The van der Waals surface area contributed by atoms with Gasteiger partial charge in [-0.3, -0.25) is 0 Å². The maximum Gasteiger partial charge on any atom is 0.0291 e. The van der Waals surface area contributed by atoms with Gasteiger partial charge in [0.05, 0.1) is 0 Å². The van der Waals surface area contributed by atoms with Crippen LogP contribution in [0.2, 0.25) is 0 Å². The summed E-state index contributed by atoms with van der Waals surface area (Å²) < 4.78 is 1.13. The molecule has 100 valence electrons. The Hall–Kier alpha value is -1.12. The maximum atomic E-state index is 3.49. The van der Waals surface area contributed by atoms with Crippen LogP contribution in [0.1, 0.15) is 42.5 Å². The molecule has 0 aliphatic rings. The van der Waals surface area contributed by atoms with Crippen molar-refractivity contribution in [2.75, 3.05) is 7.05 Å². The summed E-state index contributed by atoms with van der Waals surface area (Å²) in [4.78, 5) is 0. The van der Waals surface area contributed by atoms with E-state index in [4.69, 9.17) is 0 Å². The van der Waals surface area contributed by atoms with Crippen LogP contribution in [0.15, 0.2) is 53.0 Å². The van der Waals surface area contributed by atoms with Gasteiger partial charge in [0.25, 0.3) is 0 Å². The number of hydrogen-bond acceptors (Lipinski definition) is 1. The van der Waals surface area contributed by atoms with Gasteiger partial charge < -0.3 is 5.32 Å². The summed E-state index contributed by atoms with van der Waals surface area (Å²) in [6, 6.07) is 17.6.